The minimum atomic E-state index is -0.924. The third-order valence-electron chi connectivity index (χ3n) is 6.58. The van der Waals surface area contributed by atoms with E-state index in [1.807, 2.05) is 13.0 Å². The molecule has 3 aromatic carbocycles. The molecular weight excluding hydrogens is 410 g/mol. The van der Waals surface area contributed by atoms with Crippen molar-refractivity contribution in [3.05, 3.63) is 107 Å². The summed E-state index contributed by atoms with van der Waals surface area (Å²) in [7, 11) is 0. The lowest BCUT2D eigenvalue weighted by Crippen LogP contribution is -3.15. The summed E-state index contributed by atoms with van der Waals surface area (Å²) in [5.41, 5.74) is 5.75. The van der Waals surface area contributed by atoms with Gasteiger partial charge in [0.2, 0.25) is 0 Å². The summed E-state index contributed by atoms with van der Waals surface area (Å²) >= 11 is 0. The molecule has 1 aliphatic rings. The van der Waals surface area contributed by atoms with Gasteiger partial charge >= 0.3 is 5.97 Å². The molecule has 1 aromatic heterocycles. The predicted octanol–water partition coefficient (Wildman–Crippen LogP) is 3.74. The first kappa shape index (κ1) is 21.2. The maximum atomic E-state index is 11.4. The van der Waals surface area contributed by atoms with Crippen LogP contribution in [0.4, 0.5) is 5.69 Å². The van der Waals surface area contributed by atoms with E-state index in [0.717, 1.165) is 48.5 Å². The van der Waals surface area contributed by atoms with Crippen LogP contribution in [0.15, 0.2) is 84.9 Å². The van der Waals surface area contributed by atoms with Crippen molar-refractivity contribution < 1.29 is 14.8 Å². The van der Waals surface area contributed by atoms with E-state index in [-0.39, 0.29) is 5.56 Å². The van der Waals surface area contributed by atoms with E-state index < -0.39 is 5.97 Å². The molecule has 166 valence electrons. The molecule has 2 N–H and O–H groups in total. The highest BCUT2D eigenvalue weighted by Gasteiger charge is 2.30. The van der Waals surface area contributed by atoms with Crippen LogP contribution >= 0.6 is 0 Å². The number of carbonyl (C=O) groups is 1. The Balaban J connectivity index is 1.42. The quantitative estimate of drug-likeness (QED) is 0.499. The molecule has 1 aliphatic heterocycles. The van der Waals surface area contributed by atoms with E-state index in [2.05, 4.69) is 76.6 Å². The average molecular weight is 439 g/mol. The second-order valence-corrected chi connectivity index (χ2v) is 8.72. The average Bonchev–Trinajstić information content (AvgIpc) is 2.85. The minimum absolute atomic E-state index is 0.273. The van der Waals surface area contributed by atoms with Crippen LogP contribution in [0, 0.1) is 6.92 Å². The molecule has 0 radical (unpaired) electrons. The molecule has 0 amide bonds. The molecule has 5 nitrogen and oxygen atoms in total. The molecule has 0 spiro atoms. The van der Waals surface area contributed by atoms with Crippen LogP contribution in [-0.2, 0) is 0 Å². The van der Waals surface area contributed by atoms with Crippen molar-refractivity contribution in [3.63, 3.8) is 0 Å². The Bertz CT molecular complexity index is 1230. The molecule has 4 aromatic rings. The molecule has 1 saturated heterocycles. The number of quaternary nitrogens is 1. The Morgan fingerprint density at radius 2 is 1.52 bits per heavy atom. The summed E-state index contributed by atoms with van der Waals surface area (Å²) < 4.78 is 0. The summed E-state index contributed by atoms with van der Waals surface area (Å²) in [5, 5.41) is 10.4. The number of benzene rings is 3. The molecule has 2 heterocycles. The lowest BCUT2D eigenvalue weighted by Gasteiger charge is -2.38. The van der Waals surface area contributed by atoms with Gasteiger partial charge in [0.1, 0.15) is 6.04 Å². The van der Waals surface area contributed by atoms with Crippen molar-refractivity contribution in [2.45, 2.75) is 13.0 Å². The summed E-state index contributed by atoms with van der Waals surface area (Å²) in [4.78, 5) is 20.0. The summed E-state index contributed by atoms with van der Waals surface area (Å²) in [6.45, 7) is 5.88. The topological polar surface area (TPSA) is 57.9 Å². The van der Waals surface area contributed by atoms with Crippen LogP contribution in [-0.4, -0.2) is 42.2 Å². The lowest BCUT2D eigenvalue weighted by atomic mass is 9.96. The number of aromatic carboxylic acids is 1. The zero-order chi connectivity index (χ0) is 22.8. The highest BCUT2D eigenvalue weighted by Crippen LogP contribution is 2.28. The van der Waals surface area contributed by atoms with Crippen molar-refractivity contribution in [2.24, 2.45) is 0 Å². The first-order chi connectivity index (χ1) is 16.1. The van der Waals surface area contributed by atoms with E-state index in [1.165, 1.54) is 11.1 Å². The van der Waals surface area contributed by atoms with Gasteiger partial charge in [0.05, 0.1) is 37.3 Å². The molecule has 1 fully saturated rings. The van der Waals surface area contributed by atoms with Crippen molar-refractivity contribution >= 4 is 22.6 Å². The fourth-order valence-electron chi connectivity index (χ4n) is 5.01. The van der Waals surface area contributed by atoms with Crippen molar-refractivity contribution in [3.8, 4) is 0 Å². The maximum absolute atomic E-state index is 11.4. The number of aryl methyl sites for hydroxylation is 1. The molecule has 0 bridgehead atoms. The zero-order valence-electron chi connectivity index (χ0n) is 18.7. The highest BCUT2D eigenvalue weighted by molar-refractivity contribution is 5.97. The molecule has 5 rings (SSSR count). The van der Waals surface area contributed by atoms with Gasteiger partial charge in [-0.2, -0.15) is 0 Å². The number of pyridine rings is 1. The van der Waals surface area contributed by atoms with E-state index in [4.69, 9.17) is 0 Å². The third-order valence-corrected chi connectivity index (χ3v) is 6.58. The van der Waals surface area contributed by atoms with Crippen LogP contribution in [0.1, 0.15) is 33.2 Å². The van der Waals surface area contributed by atoms with E-state index in [0.29, 0.717) is 6.04 Å². The number of fused-ring (bicyclic) bond motifs is 1. The smallest absolute Gasteiger partial charge is 0.335 e. The largest absolute Gasteiger partial charge is 0.478 e. The van der Waals surface area contributed by atoms with Crippen LogP contribution in [0.2, 0.25) is 0 Å². The van der Waals surface area contributed by atoms with Crippen molar-refractivity contribution in [1.82, 2.24) is 4.98 Å². The Kier molecular flexibility index (Phi) is 5.80. The van der Waals surface area contributed by atoms with Gasteiger partial charge in [-0.25, -0.2) is 4.79 Å². The molecule has 0 aliphatic carbocycles. The lowest BCUT2D eigenvalue weighted by molar-refractivity contribution is -0.926. The third kappa shape index (κ3) is 4.32. The number of piperazine rings is 1. The van der Waals surface area contributed by atoms with Crippen LogP contribution in [0.25, 0.3) is 10.9 Å². The Morgan fingerprint density at radius 3 is 2.09 bits per heavy atom. The van der Waals surface area contributed by atoms with Crippen LogP contribution in [0.3, 0.4) is 0 Å². The number of anilines is 1. The number of nitrogens with zero attached hydrogens (tertiary/aromatic N) is 2. The fraction of sp³-hybridized carbons (Fsp3) is 0.214. The summed E-state index contributed by atoms with van der Waals surface area (Å²) in [5.74, 6) is -0.924. The summed E-state index contributed by atoms with van der Waals surface area (Å²) in [6.07, 6.45) is 0. The van der Waals surface area contributed by atoms with E-state index in [9.17, 15) is 9.90 Å². The Hall–Kier alpha value is -3.70. The first-order valence-corrected chi connectivity index (χ1v) is 11.4. The van der Waals surface area contributed by atoms with Gasteiger partial charge < -0.3 is 14.9 Å². The fourth-order valence-corrected chi connectivity index (χ4v) is 5.01. The normalized spacial score (nSPS) is 14.7. The van der Waals surface area contributed by atoms with Crippen molar-refractivity contribution in [1.29, 1.82) is 0 Å². The molecule has 0 saturated carbocycles. The van der Waals surface area contributed by atoms with E-state index in [1.54, 1.807) is 17.0 Å². The van der Waals surface area contributed by atoms with Gasteiger partial charge in [0.15, 0.2) is 0 Å². The first-order valence-electron chi connectivity index (χ1n) is 11.4. The monoisotopic (exact) mass is 438 g/mol. The molecular formula is C28H28N3O2+. The number of aromatic nitrogens is 1. The van der Waals surface area contributed by atoms with Crippen LogP contribution < -0.4 is 9.80 Å². The zero-order valence-corrected chi connectivity index (χ0v) is 18.7. The number of carboxylic acids is 1. The maximum Gasteiger partial charge on any atom is 0.335 e. The van der Waals surface area contributed by atoms with Crippen LogP contribution in [0.5, 0.6) is 0 Å². The van der Waals surface area contributed by atoms with Gasteiger partial charge in [-0.3, -0.25) is 4.98 Å². The number of hydrogen-bond acceptors (Lipinski definition) is 3. The Labute approximate surface area is 193 Å². The van der Waals surface area contributed by atoms with Crippen molar-refractivity contribution in [2.75, 3.05) is 31.1 Å². The second kappa shape index (κ2) is 9.04. The van der Waals surface area contributed by atoms with Gasteiger partial charge in [-0.05, 0) is 31.2 Å². The van der Waals surface area contributed by atoms with E-state index >= 15 is 0 Å². The standard InChI is InChI=1S/C28H27N3O2/c1-20-18-26(24-13-12-23(28(32)33)19-25(24)29-20)30-14-16-31(17-15-30)27(21-8-4-2-5-9-21)22-10-6-3-7-11-22/h2-13,18-19,27H,14-17H2,1H3,(H,32,33)/p+1. The minimum Gasteiger partial charge on any atom is -0.478 e. The number of carboxylic acid groups (broad SMARTS) is 1. The second-order valence-electron chi connectivity index (χ2n) is 8.72. The molecule has 0 unspecified atom stereocenters. The van der Waals surface area contributed by atoms with Gasteiger partial charge in [-0.15, -0.1) is 0 Å². The molecule has 33 heavy (non-hydrogen) atoms. The van der Waals surface area contributed by atoms with Gasteiger partial charge in [0, 0.05) is 27.9 Å². The molecule has 0 atom stereocenters. The predicted molar refractivity (Wildman–Crippen MR) is 131 cm³/mol. The highest BCUT2D eigenvalue weighted by atomic mass is 16.4. The number of hydrogen-bond donors (Lipinski definition) is 2. The molecule has 5 heteroatoms. The SMILES string of the molecule is Cc1cc(N2CC[NH+](C(c3ccccc3)c3ccccc3)CC2)c2ccc(C(=O)O)cc2n1. The van der Waals surface area contributed by atoms with Gasteiger partial charge in [0.25, 0.3) is 0 Å². The van der Waals surface area contributed by atoms with Gasteiger partial charge in [-0.1, -0.05) is 60.7 Å². The Morgan fingerprint density at radius 1 is 0.909 bits per heavy atom. The number of rotatable bonds is 5. The summed E-state index contributed by atoms with van der Waals surface area (Å²) in [6, 6.07) is 29.3. The number of nitrogens with one attached hydrogen (secondary N) is 1.